The van der Waals surface area contributed by atoms with Crippen LogP contribution >= 0.6 is 23.6 Å². The number of aromatic nitrogens is 4. The SMILES string of the molecule is C=CCn1c(-c2sc(NC(=O)[C@H](C)CC)nc2C)n[nH]c1=S. The van der Waals surface area contributed by atoms with E-state index in [1.54, 1.807) is 6.08 Å². The third-order valence-electron chi connectivity index (χ3n) is 3.36. The van der Waals surface area contributed by atoms with Gasteiger partial charge in [0.25, 0.3) is 0 Å². The molecule has 2 heterocycles. The Morgan fingerprint density at radius 1 is 1.64 bits per heavy atom. The highest BCUT2D eigenvalue weighted by molar-refractivity contribution is 7.71. The molecule has 6 nitrogen and oxygen atoms in total. The van der Waals surface area contributed by atoms with E-state index in [0.717, 1.165) is 17.0 Å². The Labute approximate surface area is 138 Å². The predicted octanol–water partition coefficient (Wildman–Crippen LogP) is 3.54. The van der Waals surface area contributed by atoms with Gasteiger partial charge < -0.3 is 5.32 Å². The molecule has 2 N–H and O–H groups in total. The number of amides is 1. The fraction of sp³-hybridized carbons (Fsp3) is 0.429. The van der Waals surface area contributed by atoms with E-state index in [-0.39, 0.29) is 11.8 Å². The largest absolute Gasteiger partial charge is 0.302 e. The average molecular weight is 337 g/mol. The van der Waals surface area contributed by atoms with Crippen molar-refractivity contribution in [1.82, 2.24) is 19.7 Å². The topological polar surface area (TPSA) is 75.6 Å². The van der Waals surface area contributed by atoms with Crippen LogP contribution in [0.15, 0.2) is 12.7 Å². The first kappa shape index (κ1) is 16.6. The van der Waals surface area contributed by atoms with Crippen molar-refractivity contribution in [3.05, 3.63) is 23.1 Å². The summed E-state index contributed by atoms with van der Waals surface area (Å²) in [7, 11) is 0. The van der Waals surface area contributed by atoms with Gasteiger partial charge in [-0.25, -0.2) is 4.98 Å². The molecule has 1 amide bonds. The Hall–Kier alpha value is -1.80. The molecule has 118 valence electrons. The summed E-state index contributed by atoms with van der Waals surface area (Å²) >= 11 is 6.62. The number of hydrogen-bond donors (Lipinski definition) is 2. The van der Waals surface area contributed by atoms with Crippen LogP contribution in [0.4, 0.5) is 5.13 Å². The molecule has 0 aromatic carbocycles. The number of H-pyrrole nitrogens is 1. The van der Waals surface area contributed by atoms with Crippen molar-refractivity contribution in [3.8, 4) is 10.7 Å². The second kappa shape index (κ2) is 6.97. The second-order valence-corrected chi connectivity index (χ2v) is 6.37. The van der Waals surface area contributed by atoms with Gasteiger partial charge in [0.05, 0.1) is 10.6 Å². The summed E-state index contributed by atoms with van der Waals surface area (Å²) in [5, 5.41) is 10.5. The molecule has 0 aliphatic carbocycles. The van der Waals surface area contributed by atoms with Crippen LogP contribution in [0.2, 0.25) is 0 Å². The summed E-state index contributed by atoms with van der Waals surface area (Å²) in [6.45, 7) is 10.1. The number of carbonyl (C=O) groups is 1. The summed E-state index contributed by atoms with van der Waals surface area (Å²) in [6, 6.07) is 0. The second-order valence-electron chi connectivity index (χ2n) is 4.98. The molecule has 0 spiro atoms. The van der Waals surface area contributed by atoms with Gasteiger partial charge in [0.1, 0.15) is 0 Å². The molecule has 0 fully saturated rings. The summed E-state index contributed by atoms with van der Waals surface area (Å²) in [5.74, 6) is 0.652. The lowest BCUT2D eigenvalue weighted by atomic mass is 10.1. The highest BCUT2D eigenvalue weighted by atomic mass is 32.1. The Kier molecular flexibility index (Phi) is 5.25. The van der Waals surface area contributed by atoms with Gasteiger partial charge in [-0.2, -0.15) is 5.10 Å². The molecule has 22 heavy (non-hydrogen) atoms. The number of nitrogens with zero attached hydrogens (tertiary/aromatic N) is 3. The normalized spacial score (nSPS) is 12.1. The van der Waals surface area contributed by atoms with Gasteiger partial charge in [-0.1, -0.05) is 31.3 Å². The van der Waals surface area contributed by atoms with Crippen molar-refractivity contribution in [1.29, 1.82) is 0 Å². The number of aromatic amines is 1. The van der Waals surface area contributed by atoms with Crippen LogP contribution in [0.3, 0.4) is 0 Å². The number of nitrogens with one attached hydrogen (secondary N) is 2. The summed E-state index contributed by atoms with van der Waals surface area (Å²) in [5.41, 5.74) is 0.809. The average Bonchev–Trinajstić information content (AvgIpc) is 3.02. The number of hydrogen-bond acceptors (Lipinski definition) is 5. The first-order valence-electron chi connectivity index (χ1n) is 7.02. The van der Waals surface area contributed by atoms with Crippen molar-refractivity contribution in [3.63, 3.8) is 0 Å². The molecular formula is C14H19N5OS2. The molecule has 0 aliphatic rings. The first-order valence-corrected chi connectivity index (χ1v) is 8.25. The van der Waals surface area contributed by atoms with Gasteiger partial charge in [-0.3, -0.25) is 14.5 Å². The zero-order valence-corrected chi connectivity index (χ0v) is 14.5. The third-order valence-corrected chi connectivity index (χ3v) is 4.74. The van der Waals surface area contributed by atoms with Crippen LogP contribution in [0, 0.1) is 17.6 Å². The zero-order valence-electron chi connectivity index (χ0n) is 12.8. The van der Waals surface area contributed by atoms with E-state index in [0.29, 0.717) is 22.3 Å². The van der Waals surface area contributed by atoms with E-state index in [2.05, 4.69) is 27.1 Å². The van der Waals surface area contributed by atoms with E-state index in [4.69, 9.17) is 12.2 Å². The molecular weight excluding hydrogens is 318 g/mol. The smallest absolute Gasteiger partial charge is 0.228 e. The molecule has 0 radical (unpaired) electrons. The third kappa shape index (κ3) is 3.33. The molecule has 8 heteroatoms. The standard InChI is InChI=1S/C14H19N5OS2/c1-5-7-19-11(17-18-14(19)21)10-9(4)15-13(22-10)16-12(20)8(3)6-2/h5,8H,1,6-7H2,2-4H3,(H,18,21)(H,15,16,20)/t8-/m1/s1. The molecule has 0 saturated carbocycles. The Balaban J connectivity index is 2.33. The van der Waals surface area contributed by atoms with Crippen LogP contribution in [0.25, 0.3) is 10.7 Å². The number of rotatable bonds is 6. The van der Waals surface area contributed by atoms with E-state index in [1.165, 1.54) is 11.3 Å². The number of carbonyl (C=O) groups excluding carboxylic acids is 1. The molecule has 0 unspecified atom stereocenters. The van der Waals surface area contributed by atoms with Crippen LogP contribution < -0.4 is 5.32 Å². The maximum atomic E-state index is 12.0. The summed E-state index contributed by atoms with van der Waals surface area (Å²) in [4.78, 5) is 17.3. The fourth-order valence-electron chi connectivity index (χ4n) is 1.86. The van der Waals surface area contributed by atoms with Gasteiger partial charge in [-0.15, -0.1) is 6.58 Å². The molecule has 2 aromatic rings. The van der Waals surface area contributed by atoms with E-state index < -0.39 is 0 Å². The van der Waals surface area contributed by atoms with Gasteiger partial charge in [0.2, 0.25) is 5.91 Å². The molecule has 0 bridgehead atoms. The maximum absolute atomic E-state index is 12.0. The van der Waals surface area contributed by atoms with Gasteiger partial charge >= 0.3 is 0 Å². The van der Waals surface area contributed by atoms with Crippen molar-refractivity contribution in [2.75, 3.05) is 5.32 Å². The number of thiazole rings is 1. The number of aryl methyl sites for hydroxylation is 1. The maximum Gasteiger partial charge on any atom is 0.228 e. The Morgan fingerprint density at radius 2 is 2.36 bits per heavy atom. The van der Waals surface area contributed by atoms with Crippen molar-refractivity contribution in [2.24, 2.45) is 5.92 Å². The lowest BCUT2D eigenvalue weighted by Gasteiger charge is -2.06. The van der Waals surface area contributed by atoms with Gasteiger partial charge in [0.15, 0.2) is 15.7 Å². The van der Waals surface area contributed by atoms with Gasteiger partial charge in [0, 0.05) is 12.5 Å². The van der Waals surface area contributed by atoms with Crippen molar-refractivity contribution >= 4 is 34.6 Å². The summed E-state index contributed by atoms with van der Waals surface area (Å²) in [6.07, 6.45) is 2.55. The first-order chi connectivity index (χ1) is 10.5. The van der Waals surface area contributed by atoms with Crippen molar-refractivity contribution in [2.45, 2.75) is 33.7 Å². The highest BCUT2D eigenvalue weighted by Gasteiger charge is 2.18. The Morgan fingerprint density at radius 3 is 3.00 bits per heavy atom. The number of anilines is 1. The number of allylic oxidation sites excluding steroid dienone is 1. The fourth-order valence-corrected chi connectivity index (χ4v) is 3.04. The van der Waals surface area contributed by atoms with Gasteiger partial charge in [-0.05, 0) is 25.6 Å². The van der Waals surface area contributed by atoms with E-state index in [1.807, 2.05) is 25.3 Å². The van der Waals surface area contributed by atoms with Crippen LogP contribution in [-0.2, 0) is 11.3 Å². The monoisotopic (exact) mass is 337 g/mol. The minimum atomic E-state index is -0.0389. The highest BCUT2D eigenvalue weighted by Crippen LogP contribution is 2.31. The quantitative estimate of drug-likeness (QED) is 0.624. The molecule has 0 aliphatic heterocycles. The molecule has 1 atom stereocenters. The zero-order chi connectivity index (χ0) is 16.3. The van der Waals surface area contributed by atoms with Crippen LogP contribution in [0.1, 0.15) is 26.0 Å². The summed E-state index contributed by atoms with van der Waals surface area (Å²) < 4.78 is 2.39. The van der Waals surface area contributed by atoms with Crippen LogP contribution in [0.5, 0.6) is 0 Å². The van der Waals surface area contributed by atoms with Crippen LogP contribution in [-0.4, -0.2) is 25.7 Å². The van der Waals surface area contributed by atoms with Crippen molar-refractivity contribution < 1.29 is 4.79 Å². The predicted molar refractivity (Wildman–Crippen MR) is 91.5 cm³/mol. The van der Waals surface area contributed by atoms with E-state index >= 15 is 0 Å². The minimum Gasteiger partial charge on any atom is -0.302 e. The minimum absolute atomic E-state index is 0.0206. The molecule has 2 aromatic heterocycles. The lowest BCUT2D eigenvalue weighted by Crippen LogP contribution is -2.19. The van der Waals surface area contributed by atoms with E-state index in [9.17, 15) is 4.79 Å². The lowest BCUT2D eigenvalue weighted by molar-refractivity contribution is -0.119. The molecule has 2 rings (SSSR count). The molecule has 0 saturated heterocycles. The Bertz CT molecular complexity index is 743.